The Bertz CT molecular complexity index is 259. The van der Waals surface area contributed by atoms with Gasteiger partial charge in [0.25, 0.3) is 5.92 Å². The number of hydrogen-bond donors (Lipinski definition) is 1. The van der Waals surface area contributed by atoms with Gasteiger partial charge in [-0.25, -0.2) is 8.78 Å². The highest BCUT2D eigenvalue weighted by Gasteiger charge is 2.46. The van der Waals surface area contributed by atoms with Gasteiger partial charge in [-0.1, -0.05) is 6.92 Å². The van der Waals surface area contributed by atoms with E-state index < -0.39 is 24.0 Å². The molecule has 1 heterocycles. The van der Waals surface area contributed by atoms with E-state index in [1.165, 1.54) is 6.92 Å². The Kier molecular flexibility index (Phi) is 4.21. The van der Waals surface area contributed by atoms with Crippen LogP contribution < -0.4 is 5.73 Å². The van der Waals surface area contributed by atoms with Crippen molar-refractivity contribution in [3.05, 3.63) is 0 Å². The Morgan fingerprint density at radius 2 is 2.31 bits per heavy atom. The summed E-state index contributed by atoms with van der Waals surface area (Å²) in [4.78, 5) is 12.8. The van der Waals surface area contributed by atoms with E-state index in [4.69, 9.17) is 10.5 Å². The first-order valence-corrected chi connectivity index (χ1v) is 5.43. The molecule has 94 valence electrons. The summed E-state index contributed by atoms with van der Waals surface area (Å²) in [6.07, 6.45) is -1.19. The monoisotopic (exact) mass is 236 g/mol. The first-order valence-electron chi connectivity index (χ1n) is 5.43. The largest absolute Gasteiger partial charge is 0.455 e. The van der Waals surface area contributed by atoms with Gasteiger partial charge in [0, 0.05) is 13.0 Å². The number of likely N-dealkylation sites (tertiary alicyclic amines) is 1. The van der Waals surface area contributed by atoms with Crippen LogP contribution in [0.5, 0.6) is 0 Å². The number of carbonyl (C=O) groups is 1. The van der Waals surface area contributed by atoms with Crippen molar-refractivity contribution in [2.24, 2.45) is 5.73 Å². The summed E-state index contributed by atoms with van der Waals surface area (Å²) in [6, 6.07) is -0.861. The quantitative estimate of drug-likeness (QED) is 0.729. The van der Waals surface area contributed by atoms with Crippen LogP contribution >= 0.6 is 0 Å². The van der Waals surface area contributed by atoms with Gasteiger partial charge in [0.1, 0.15) is 6.04 Å². The van der Waals surface area contributed by atoms with Crippen molar-refractivity contribution >= 4 is 5.97 Å². The number of rotatable bonds is 3. The maximum absolute atomic E-state index is 13.6. The third-order valence-electron chi connectivity index (χ3n) is 2.69. The first-order chi connectivity index (χ1) is 7.36. The van der Waals surface area contributed by atoms with Crippen LogP contribution in [0.15, 0.2) is 0 Å². The molecule has 2 atom stereocenters. The fourth-order valence-corrected chi connectivity index (χ4v) is 1.65. The molecule has 1 saturated heterocycles. The molecule has 2 unspecified atom stereocenters. The molecule has 0 bridgehead atoms. The molecule has 1 aliphatic heterocycles. The molecule has 0 aliphatic carbocycles. The zero-order valence-corrected chi connectivity index (χ0v) is 9.58. The van der Waals surface area contributed by atoms with E-state index in [2.05, 4.69) is 0 Å². The fraction of sp³-hybridized carbons (Fsp3) is 0.900. The second-order valence-electron chi connectivity index (χ2n) is 4.13. The lowest BCUT2D eigenvalue weighted by Gasteiger charge is -2.37. The SMILES string of the molecule is CCN1CCC(OC(=O)C(C)N)C(F)(F)C1. The second kappa shape index (κ2) is 5.05. The molecule has 0 saturated carbocycles. The van der Waals surface area contributed by atoms with Crippen molar-refractivity contribution in [2.75, 3.05) is 19.6 Å². The van der Waals surface area contributed by atoms with Gasteiger partial charge >= 0.3 is 5.97 Å². The van der Waals surface area contributed by atoms with Gasteiger partial charge in [-0.2, -0.15) is 0 Å². The Labute approximate surface area is 93.7 Å². The normalized spacial score (nSPS) is 27.4. The number of ether oxygens (including phenoxy) is 1. The van der Waals surface area contributed by atoms with Gasteiger partial charge in [-0.05, 0) is 13.5 Å². The van der Waals surface area contributed by atoms with Gasteiger partial charge < -0.3 is 10.5 Å². The molecular weight excluding hydrogens is 218 g/mol. The maximum atomic E-state index is 13.6. The predicted octanol–water partition coefficient (Wildman–Crippen LogP) is 0.606. The highest BCUT2D eigenvalue weighted by Crippen LogP contribution is 2.29. The van der Waals surface area contributed by atoms with Crippen LogP contribution in [0, 0.1) is 0 Å². The topological polar surface area (TPSA) is 55.6 Å². The van der Waals surface area contributed by atoms with Crippen LogP contribution in [0.2, 0.25) is 0 Å². The minimum Gasteiger partial charge on any atom is -0.455 e. The van der Waals surface area contributed by atoms with E-state index in [0.717, 1.165) is 0 Å². The van der Waals surface area contributed by atoms with E-state index in [1.807, 2.05) is 6.92 Å². The van der Waals surface area contributed by atoms with Crippen LogP contribution in [0.25, 0.3) is 0 Å². The fourth-order valence-electron chi connectivity index (χ4n) is 1.65. The average Bonchev–Trinajstić information content (AvgIpc) is 2.20. The van der Waals surface area contributed by atoms with Gasteiger partial charge in [-0.3, -0.25) is 9.69 Å². The number of halogens is 2. The molecule has 6 heteroatoms. The molecule has 2 N–H and O–H groups in total. The molecule has 1 rings (SSSR count). The molecule has 4 nitrogen and oxygen atoms in total. The molecule has 0 aromatic heterocycles. The Balaban J connectivity index is 2.58. The van der Waals surface area contributed by atoms with E-state index in [1.54, 1.807) is 4.90 Å². The summed E-state index contributed by atoms with van der Waals surface area (Å²) in [7, 11) is 0. The van der Waals surface area contributed by atoms with Crippen molar-refractivity contribution < 1.29 is 18.3 Å². The highest BCUT2D eigenvalue weighted by molar-refractivity contribution is 5.75. The summed E-state index contributed by atoms with van der Waals surface area (Å²) in [5.41, 5.74) is 5.27. The molecule has 1 aliphatic rings. The summed E-state index contributed by atoms with van der Waals surface area (Å²) >= 11 is 0. The number of piperidine rings is 1. The third kappa shape index (κ3) is 3.12. The van der Waals surface area contributed by atoms with E-state index in [0.29, 0.717) is 13.1 Å². The number of alkyl halides is 2. The standard InChI is InChI=1S/C10H18F2N2O2/c1-3-14-5-4-8(10(11,12)6-14)16-9(15)7(2)13/h7-8H,3-6,13H2,1-2H3. The van der Waals surface area contributed by atoms with Gasteiger partial charge in [-0.15, -0.1) is 0 Å². The Hall–Kier alpha value is -0.750. The number of esters is 1. The summed E-state index contributed by atoms with van der Waals surface area (Å²) in [5.74, 6) is -3.76. The summed E-state index contributed by atoms with van der Waals surface area (Å²) in [6.45, 7) is 3.97. The predicted molar refractivity (Wildman–Crippen MR) is 55.2 cm³/mol. The molecule has 0 aromatic rings. The number of carbonyl (C=O) groups excluding carboxylic acids is 1. The lowest BCUT2D eigenvalue weighted by molar-refractivity contribution is -0.189. The minimum absolute atomic E-state index is 0.152. The zero-order chi connectivity index (χ0) is 12.3. The van der Waals surface area contributed by atoms with E-state index in [9.17, 15) is 13.6 Å². The van der Waals surface area contributed by atoms with Gasteiger partial charge in [0.2, 0.25) is 0 Å². The number of nitrogens with two attached hydrogens (primary N) is 1. The van der Waals surface area contributed by atoms with Crippen LogP contribution in [0.4, 0.5) is 8.78 Å². The number of nitrogens with zero attached hydrogens (tertiary/aromatic N) is 1. The van der Waals surface area contributed by atoms with Crippen molar-refractivity contribution in [3.63, 3.8) is 0 Å². The van der Waals surface area contributed by atoms with Crippen LogP contribution in [0.1, 0.15) is 20.3 Å². The highest BCUT2D eigenvalue weighted by atomic mass is 19.3. The van der Waals surface area contributed by atoms with Crippen LogP contribution in [0.3, 0.4) is 0 Å². The number of hydrogen-bond acceptors (Lipinski definition) is 4. The first kappa shape index (κ1) is 13.3. The molecular formula is C10H18F2N2O2. The van der Waals surface area contributed by atoms with E-state index in [-0.39, 0.29) is 13.0 Å². The van der Waals surface area contributed by atoms with Gasteiger partial charge in [0.15, 0.2) is 6.10 Å². The van der Waals surface area contributed by atoms with Crippen molar-refractivity contribution in [3.8, 4) is 0 Å². The Morgan fingerprint density at radius 3 is 2.75 bits per heavy atom. The minimum atomic E-state index is -2.99. The maximum Gasteiger partial charge on any atom is 0.323 e. The average molecular weight is 236 g/mol. The van der Waals surface area contributed by atoms with Gasteiger partial charge in [0.05, 0.1) is 6.54 Å². The molecule has 0 amide bonds. The van der Waals surface area contributed by atoms with Crippen molar-refractivity contribution in [1.82, 2.24) is 4.90 Å². The van der Waals surface area contributed by atoms with Crippen LogP contribution in [-0.4, -0.2) is 48.6 Å². The zero-order valence-electron chi connectivity index (χ0n) is 9.58. The summed E-state index contributed by atoms with van der Waals surface area (Å²) in [5, 5.41) is 0. The lowest BCUT2D eigenvalue weighted by Crippen LogP contribution is -2.53. The van der Waals surface area contributed by atoms with E-state index >= 15 is 0 Å². The Morgan fingerprint density at radius 1 is 1.69 bits per heavy atom. The van der Waals surface area contributed by atoms with Crippen molar-refractivity contribution in [2.45, 2.75) is 38.3 Å². The summed E-state index contributed by atoms with van der Waals surface area (Å²) < 4.78 is 31.9. The third-order valence-corrected chi connectivity index (χ3v) is 2.69. The van der Waals surface area contributed by atoms with Crippen molar-refractivity contribution in [1.29, 1.82) is 0 Å². The molecule has 16 heavy (non-hydrogen) atoms. The lowest BCUT2D eigenvalue weighted by atomic mass is 10.0. The second-order valence-corrected chi connectivity index (χ2v) is 4.13. The molecule has 0 spiro atoms. The molecule has 1 fully saturated rings. The smallest absolute Gasteiger partial charge is 0.323 e. The molecule has 0 aromatic carbocycles. The van der Waals surface area contributed by atoms with Crippen LogP contribution in [-0.2, 0) is 9.53 Å². The molecule has 0 radical (unpaired) electrons.